The van der Waals surface area contributed by atoms with E-state index >= 15 is 0 Å². The third-order valence-corrected chi connectivity index (χ3v) is 4.31. The van der Waals surface area contributed by atoms with Crippen LogP contribution in [0.1, 0.15) is 84.0 Å². The van der Waals surface area contributed by atoms with Crippen LogP contribution in [0, 0.1) is 0 Å². The minimum absolute atomic E-state index is 0. The first-order valence-corrected chi connectivity index (χ1v) is 10.8. The molecule has 0 heterocycles. The zero-order valence-electron chi connectivity index (χ0n) is 17.3. The van der Waals surface area contributed by atoms with Gasteiger partial charge in [0.15, 0.2) is 0 Å². The summed E-state index contributed by atoms with van der Waals surface area (Å²) in [5.74, 6) is -0.442. The van der Waals surface area contributed by atoms with Gasteiger partial charge in [0.05, 0.1) is 14.4 Å². The van der Waals surface area contributed by atoms with Gasteiger partial charge in [0.25, 0.3) is 0 Å². The number of carbonyl (C=O) groups excluding carboxylic acids is 1. The first kappa shape index (κ1) is 33.2. The number of phosphoric ester groups is 1. The van der Waals surface area contributed by atoms with Gasteiger partial charge in [0, 0.05) is 6.42 Å². The van der Waals surface area contributed by atoms with Crippen LogP contribution in [-0.2, 0) is 18.6 Å². The van der Waals surface area contributed by atoms with Crippen LogP contribution in [-0.4, -0.2) is 30.4 Å². The summed E-state index contributed by atoms with van der Waals surface area (Å²) in [5.41, 5.74) is 0. The molecule has 1 unspecified atom stereocenters. The van der Waals surface area contributed by atoms with Crippen molar-refractivity contribution in [3.63, 3.8) is 0 Å². The standard InChI is InChI=1S/C17H35O7P.2Na/c1-2-3-4-5-6-7-8-9-10-11-12-13-17(19)23-14-16(18)15-24-25(20,21)22;;/h16,18H,2-15H2,1H3,(H2,20,21,22);;/q;2*+1/p-2. The molecule has 0 saturated carbocycles. The molecule has 0 bridgehead atoms. The van der Waals surface area contributed by atoms with Crippen molar-refractivity contribution in [1.82, 2.24) is 0 Å². The van der Waals surface area contributed by atoms with Gasteiger partial charge in [-0.2, -0.15) is 0 Å². The molecule has 0 amide bonds. The van der Waals surface area contributed by atoms with E-state index in [0.29, 0.717) is 0 Å². The predicted molar refractivity (Wildman–Crippen MR) is 91.6 cm³/mol. The molecule has 1 atom stereocenters. The van der Waals surface area contributed by atoms with Crippen molar-refractivity contribution < 1.29 is 92.6 Å². The molecule has 0 saturated heterocycles. The minimum Gasteiger partial charge on any atom is -0.790 e. The molecule has 1 N–H and O–H groups in total. The molecule has 150 valence electrons. The van der Waals surface area contributed by atoms with E-state index in [4.69, 9.17) is 4.74 Å². The molecular formula is C17H33Na2O7P. The summed E-state index contributed by atoms with van der Waals surface area (Å²) in [4.78, 5) is 31.9. The topological polar surface area (TPSA) is 119 Å². The van der Waals surface area contributed by atoms with Crippen molar-refractivity contribution >= 4 is 13.8 Å². The Morgan fingerprint density at radius 1 is 0.889 bits per heavy atom. The molecule has 7 nitrogen and oxygen atoms in total. The predicted octanol–water partition coefficient (Wildman–Crippen LogP) is -3.56. The Hall–Kier alpha value is 1.54. The summed E-state index contributed by atoms with van der Waals surface area (Å²) in [7, 11) is -5.11. The Morgan fingerprint density at radius 3 is 1.78 bits per heavy atom. The molecule has 27 heavy (non-hydrogen) atoms. The van der Waals surface area contributed by atoms with E-state index in [9.17, 15) is 24.3 Å². The fourth-order valence-corrected chi connectivity index (χ4v) is 2.77. The zero-order valence-corrected chi connectivity index (χ0v) is 22.2. The van der Waals surface area contributed by atoms with Crippen LogP contribution in [0.5, 0.6) is 0 Å². The molecule has 0 aromatic rings. The van der Waals surface area contributed by atoms with E-state index < -0.39 is 26.5 Å². The third-order valence-electron chi connectivity index (χ3n) is 3.85. The number of hydrogen-bond acceptors (Lipinski definition) is 7. The molecular weight excluding hydrogens is 393 g/mol. The molecule has 0 spiro atoms. The molecule has 10 heteroatoms. The normalized spacial score (nSPS) is 12.0. The molecule has 0 aliphatic rings. The molecule has 0 aliphatic heterocycles. The summed E-state index contributed by atoms with van der Waals surface area (Å²) in [5, 5.41) is 9.32. The molecule has 0 fully saturated rings. The van der Waals surface area contributed by atoms with Crippen LogP contribution >= 0.6 is 7.82 Å². The number of phosphoric acid groups is 1. The maximum absolute atomic E-state index is 11.5. The monoisotopic (exact) mass is 426 g/mol. The van der Waals surface area contributed by atoms with E-state index in [1.807, 2.05) is 0 Å². The molecule has 0 rings (SSSR count). The Balaban J connectivity index is -0.00000288. The van der Waals surface area contributed by atoms with Gasteiger partial charge >= 0.3 is 65.1 Å². The van der Waals surface area contributed by atoms with Crippen molar-refractivity contribution in [1.29, 1.82) is 0 Å². The van der Waals surface area contributed by atoms with Crippen LogP contribution in [0.4, 0.5) is 0 Å². The number of aliphatic hydroxyl groups is 1. The smallest absolute Gasteiger partial charge is 0.790 e. The quantitative estimate of drug-likeness (QED) is 0.111. The average molecular weight is 426 g/mol. The fourth-order valence-electron chi connectivity index (χ4n) is 2.42. The van der Waals surface area contributed by atoms with Gasteiger partial charge < -0.3 is 28.7 Å². The van der Waals surface area contributed by atoms with Crippen molar-refractivity contribution in [2.24, 2.45) is 0 Å². The second-order valence-corrected chi connectivity index (χ2v) is 7.52. The first-order chi connectivity index (χ1) is 11.8. The molecule has 0 aromatic carbocycles. The Bertz CT molecular complexity index is 380. The van der Waals surface area contributed by atoms with Crippen molar-refractivity contribution in [3.8, 4) is 0 Å². The van der Waals surface area contributed by atoms with Gasteiger partial charge in [-0.25, -0.2) is 0 Å². The number of rotatable bonds is 17. The van der Waals surface area contributed by atoms with Crippen LogP contribution < -0.4 is 68.9 Å². The second kappa shape index (κ2) is 22.2. The van der Waals surface area contributed by atoms with Crippen molar-refractivity contribution in [2.75, 3.05) is 13.2 Å². The minimum atomic E-state index is -5.11. The number of carbonyl (C=O) groups is 1. The number of ether oxygens (including phenoxy) is 1. The van der Waals surface area contributed by atoms with Gasteiger partial charge in [-0.15, -0.1) is 0 Å². The van der Waals surface area contributed by atoms with Gasteiger partial charge in [-0.3, -0.25) is 4.79 Å². The summed E-state index contributed by atoms with van der Waals surface area (Å²) >= 11 is 0. The number of esters is 1. The summed E-state index contributed by atoms with van der Waals surface area (Å²) in [6.07, 6.45) is 12.0. The first-order valence-electron chi connectivity index (χ1n) is 9.35. The number of hydrogen-bond donors (Lipinski definition) is 1. The Morgan fingerprint density at radius 2 is 1.33 bits per heavy atom. The van der Waals surface area contributed by atoms with Crippen LogP contribution in [0.25, 0.3) is 0 Å². The molecule has 0 radical (unpaired) electrons. The van der Waals surface area contributed by atoms with Crippen molar-refractivity contribution in [3.05, 3.63) is 0 Å². The number of unbranched alkanes of at least 4 members (excludes halogenated alkanes) is 10. The van der Waals surface area contributed by atoms with Crippen LogP contribution in [0.15, 0.2) is 0 Å². The SMILES string of the molecule is CCCCCCCCCCCCCC(=O)OCC(O)COP(=O)([O-])[O-].[Na+].[Na+]. The zero-order chi connectivity index (χ0) is 19.0. The van der Waals surface area contributed by atoms with E-state index in [-0.39, 0.29) is 72.1 Å². The fraction of sp³-hybridized carbons (Fsp3) is 0.941. The maximum Gasteiger partial charge on any atom is 1.00 e. The van der Waals surface area contributed by atoms with E-state index in [1.165, 1.54) is 51.4 Å². The van der Waals surface area contributed by atoms with Gasteiger partial charge in [0.1, 0.15) is 12.7 Å². The Kier molecular flexibility index (Phi) is 27.3. The van der Waals surface area contributed by atoms with E-state index in [1.54, 1.807) is 0 Å². The van der Waals surface area contributed by atoms with E-state index in [0.717, 1.165) is 19.3 Å². The molecule has 0 aliphatic carbocycles. The van der Waals surface area contributed by atoms with Gasteiger partial charge in [-0.1, -0.05) is 71.1 Å². The summed E-state index contributed by atoms with van der Waals surface area (Å²) in [6.45, 7) is 1.14. The third kappa shape index (κ3) is 27.5. The summed E-state index contributed by atoms with van der Waals surface area (Å²) in [6, 6.07) is 0. The van der Waals surface area contributed by atoms with Gasteiger partial charge in [-0.05, 0) is 6.42 Å². The van der Waals surface area contributed by atoms with Crippen LogP contribution in [0.2, 0.25) is 0 Å². The van der Waals surface area contributed by atoms with E-state index in [2.05, 4.69) is 11.4 Å². The molecule has 0 aromatic heterocycles. The number of aliphatic hydroxyl groups excluding tert-OH is 1. The summed E-state index contributed by atoms with van der Waals surface area (Å²) < 4.78 is 18.9. The largest absolute Gasteiger partial charge is 1.00 e. The second-order valence-electron chi connectivity index (χ2n) is 6.37. The van der Waals surface area contributed by atoms with Crippen LogP contribution in [0.3, 0.4) is 0 Å². The Labute approximate surface area is 208 Å². The average Bonchev–Trinajstić information content (AvgIpc) is 2.55. The maximum atomic E-state index is 11.5. The van der Waals surface area contributed by atoms with Gasteiger partial charge in [0.2, 0.25) is 0 Å². The van der Waals surface area contributed by atoms with Crippen molar-refractivity contribution in [2.45, 2.75) is 90.1 Å².